The SMILES string of the molecule is CO[C@@H]1O[C@H](C(=O)O)[C@H](OC2O[C@H](C(=O)O)[C@H](OC)[C@@H](O)[C@@H]2O)[C@H](O)[C@H]1O. The van der Waals surface area contributed by atoms with Gasteiger partial charge >= 0.3 is 11.9 Å². The molecule has 156 valence electrons. The van der Waals surface area contributed by atoms with Crippen molar-refractivity contribution in [3.8, 4) is 0 Å². The largest absolute Gasteiger partial charge is 0.479 e. The van der Waals surface area contributed by atoms with E-state index in [1.54, 1.807) is 0 Å². The van der Waals surface area contributed by atoms with Gasteiger partial charge in [-0.2, -0.15) is 0 Å². The van der Waals surface area contributed by atoms with Gasteiger partial charge in [-0.1, -0.05) is 0 Å². The number of aliphatic carboxylic acids is 2. The van der Waals surface area contributed by atoms with E-state index in [0.29, 0.717) is 0 Å². The van der Waals surface area contributed by atoms with Gasteiger partial charge in [0.1, 0.15) is 36.6 Å². The molecule has 0 bridgehead atoms. The smallest absolute Gasteiger partial charge is 0.335 e. The molecule has 0 aromatic heterocycles. The molecule has 13 nitrogen and oxygen atoms in total. The highest BCUT2D eigenvalue weighted by Crippen LogP contribution is 2.30. The molecule has 2 aliphatic heterocycles. The van der Waals surface area contributed by atoms with Crippen molar-refractivity contribution in [3.05, 3.63) is 0 Å². The maximum atomic E-state index is 11.4. The quantitative estimate of drug-likeness (QED) is 0.254. The maximum Gasteiger partial charge on any atom is 0.335 e. The van der Waals surface area contributed by atoms with E-state index in [9.17, 15) is 40.2 Å². The summed E-state index contributed by atoms with van der Waals surface area (Å²) in [6.45, 7) is 0. The monoisotopic (exact) mass is 398 g/mol. The molecule has 0 saturated carbocycles. The lowest BCUT2D eigenvalue weighted by molar-refractivity contribution is -0.349. The van der Waals surface area contributed by atoms with Crippen LogP contribution in [0.3, 0.4) is 0 Å². The molecule has 13 heteroatoms. The maximum absolute atomic E-state index is 11.4. The van der Waals surface area contributed by atoms with Crippen LogP contribution < -0.4 is 0 Å². The first-order valence-corrected chi connectivity index (χ1v) is 7.83. The Bertz CT molecular complexity index is 541. The Balaban J connectivity index is 2.24. The van der Waals surface area contributed by atoms with Crippen LogP contribution in [-0.2, 0) is 33.3 Å². The van der Waals surface area contributed by atoms with Gasteiger partial charge in [0.15, 0.2) is 24.8 Å². The molecule has 0 aliphatic carbocycles. The van der Waals surface area contributed by atoms with Gasteiger partial charge in [0.25, 0.3) is 0 Å². The summed E-state index contributed by atoms with van der Waals surface area (Å²) >= 11 is 0. The van der Waals surface area contributed by atoms with Gasteiger partial charge in [0, 0.05) is 14.2 Å². The van der Waals surface area contributed by atoms with E-state index in [-0.39, 0.29) is 0 Å². The van der Waals surface area contributed by atoms with Crippen molar-refractivity contribution in [2.24, 2.45) is 0 Å². The highest BCUT2D eigenvalue weighted by Gasteiger charge is 2.54. The van der Waals surface area contributed by atoms with Crippen LogP contribution in [0.2, 0.25) is 0 Å². The fourth-order valence-electron chi connectivity index (χ4n) is 2.95. The van der Waals surface area contributed by atoms with E-state index in [4.69, 9.17) is 23.7 Å². The minimum atomic E-state index is -1.86. The molecule has 2 saturated heterocycles. The lowest BCUT2D eigenvalue weighted by atomic mass is 9.96. The molecule has 0 radical (unpaired) electrons. The number of carboxylic acids is 2. The summed E-state index contributed by atoms with van der Waals surface area (Å²) < 4.78 is 24.9. The fourth-order valence-corrected chi connectivity index (χ4v) is 2.95. The van der Waals surface area contributed by atoms with E-state index in [1.165, 1.54) is 0 Å². The molecule has 0 spiro atoms. The summed E-state index contributed by atoms with van der Waals surface area (Å²) in [6.07, 6.45) is -17.3. The molecule has 2 aliphatic rings. The molecule has 2 heterocycles. The normalized spacial score (nSPS) is 45.4. The number of ether oxygens (including phenoxy) is 5. The third-order valence-electron chi connectivity index (χ3n) is 4.37. The molecule has 2 fully saturated rings. The lowest BCUT2D eigenvalue weighted by Gasteiger charge is -2.45. The van der Waals surface area contributed by atoms with Crippen molar-refractivity contribution in [2.45, 2.75) is 61.4 Å². The van der Waals surface area contributed by atoms with Gasteiger partial charge in [0.2, 0.25) is 0 Å². The standard InChI is InChI=1S/C14H22O13/c1-23-7-3(15)6(18)14(27-9(7)11(19)20)25-8-4(16)5(17)13(24-2)26-10(8)12(21)22/h3-10,13-18H,1-2H3,(H,19,20)(H,21,22)/t3-,4+,5+,6-,7+,8+,9-,10-,13+,14?/m0/s1. The van der Waals surface area contributed by atoms with Crippen LogP contribution in [0, 0.1) is 0 Å². The molecule has 27 heavy (non-hydrogen) atoms. The number of aliphatic hydroxyl groups excluding tert-OH is 4. The van der Waals surface area contributed by atoms with Crippen molar-refractivity contribution in [2.75, 3.05) is 14.2 Å². The second-order valence-electron chi connectivity index (χ2n) is 6.03. The van der Waals surface area contributed by atoms with E-state index in [1.807, 2.05) is 0 Å². The van der Waals surface area contributed by atoms with Crippen LogP contribution in [0.25, 0.3) is 0 Å². The number of hydrogen-bond acceptors (Lipinski definition) is 11. The third-order valence-corrected chi connectivity index (χ3v) is 4.37. The number of hydrogen-bond donors (Lipinski definition) is 6. The third kappa shape index (κ3) is 4.21. The summed E-state index contributed by atoms with van der Waals surface area (Å²) in [6, 6.07) is 0. The number of carboxylic acid groups (broad SMARTS) is 2. The van der Waals surface area contributed by atoms with E-state index < -0.39 is 73.4 Å². The molecule has 0 aromatic rings. The molecule has 1 unspecified atom stereocenters. The molecular weight excluding hydrogens is 376 g/mol. The van der Waals surface area contributed by atoms with Gasteiger partial charge in [-0.25, -0.2) is 9.59 Å². The molecule has 6 N–H and O–H groups in total. The predicted octanol–water partition coefficient (Wildman–Crippen LogP) is -3.90. The molecule has 10 atom stereocenters. The van der Waals surface area contributed by atoms with Crippen LogP contribution >= 0.6 is 0 Å². The Morgan fingerprint density at radius 3 is 1.63 bits per heavy atom. The lowest BCUT2D eigenvalue weighted by Crippen LogP contribution is -2.65. The molecule has 2 rings (SSSR count). The zero-order chi connectivity index (χ0) is 20.5. The zero-order valence-electron chi connectivity index (χ0n) is 14.3. The molecular formula is C14H22O13. The average Bonchev–Trinajstić information content (AvgIpc) is 2.62. The first kappa shape index (κ1) is 21.9. The highest BCUT2D eigenvalue weighted by atomic mass is 16.7. The first-order chi connectivity index (χ1) is 12.6. The Kier molecular flexibility index (Phi) is 7.07. The fraction of sp³-hybridized carbons (Fsp3) is 0.857. The predicted molar refractivity (Wildman–Crippen MR) is 79.3 cm³/mol. The summed E-state index contributed by atoms with van der Waals surface area (Å²) in [5.74, 6) is -3.11. The minimum Gasteiger partial charge on any atom is -0.479 e. The Morgan fingerprint density at radius 1 is 0.704 bits per heavy atom. The van der Waals surface area contributed by atoms with Gasteiger partial charge in [-0.15, -0.1) is 0 Å². The van der Waals surface area contributed by atoms with Crippen LogP contribution in [-0.4, -0.2) is 118 Å². The number of methoxy groups -OCH3 is 2. The van der Waals surface area contributed by atoms with Gasteiger partial charge < -0.3 is 54.3 Å². The minimum absolute atomic E-state index is 1.10. The number of aliphatic hydroxyl groups is 4. The van der Waals surface area contributed by atoms with Crippen LogP contribution in [0.4, 0.5) is 0 Å². The van der Waals surface area contributed by atoms with Crippen molar-refractivity contribution < 1.29 is 63.9 Å². The topological polar surface area (TPSA) is 202 Å². The van der Waals surface area contributed by atoms with Crippen LogP contribution in [0.5, 0.6) is 0 Å². The van der Waals surface area contributed by atoms with Crippen LogP contribution in [0.15, 0.2) is 0 Å². The van der Waals surface area contributed by atoms with Gasteiger partial charge in [0.05, 0.1) is 0 Å². The highest BCUT2D eigenvalue weighted by molar-refractivity contribution is 5.74. The summed E-state index contributed by atoms with van der Waals surface area (Å²) in [7, 11) is 2.22. The van der Waals surface area contributed by atoms with E-state index in [0.717, 1.165) is 14.2 Å². The number of rotatable bonds is 6. The van der Waals surface area contributed by atoms with Crippen molar-refractivity contribution in [3.63, 3.8) is 0 Å². The van der Waals surface area contributed by atoms with Crippen molar-refractivity contribution >= 4 is 11.9 Å². The van der Waals surface area contributed by atoms with E-state index in [2.05, 4.69) is 0 Å². The second-order valence-corrected chi connectivity index (χ2v) is 6.03. The van der Waals surface area contributed by atoms with Gasteiger partial charge in [-0.05, 0) is 0 Å². The van der Waals surface area contributed by atoms with Crippen molar-refractivity contribution in [1.29, 1.82) is 0 Å². The van der Waals surface area contributed by atoms with Crippen LogP contribution in [0.1, 0.15) is 0 Å². The van der Waals surface area contributed by atoms with E-state index >= 15 is 0 Å². The summed E-state index contributed by atoms with van der Waals surface area (Å²) in [4.78, 5) is 22.7. The molecule has 0 amide bonds. The molecule has 0 aromatic carbocycles. The Hall–Kier alpha value is -1.42. The van der Waals surface area contributed by atoms with Crippen molar-refractivity contribution in [1.82, 2.24) is 0 Å². The summed E-state index contributed by atoms with van der Waals surface area (Å²) in [5, 5.41) is 58.7. The zero-order valence-corrected chi connectivity index (χ0v) is 14.3. The Labute approximate surface area is 152 Å². The Morgan fingerprint density at radius 2 is 1.15 bits per heavy atom. The average molecular weight is 398 g/mol. The first-order valence-electron chi connectivity index (χ1n) is 7.83. The second kappa shape index (κ2) is 8.72. The number of carbonyl (C=O) groups is 2. The van der Waals surface area contributed by atoms with Gasteiger partial charge in [-0.3, -0.25) is 0 Å². The summed E-state index contributed by atoms with van der Waals surface area (Å²) in [5.41, 5.74) is 0.